The molecule has 3 nitrogen and oxygen atoms in total. The predicted octanol–water partition coefficient (Wildman–Crippen LogP) is 3.30. The molecule has 1 atom stereocenters. The van der Waals surface area contributed by atoms with Gasteiger partial charge in [0.2, 0.25) is 0 Å². The first-order valence-corrected chi connectivity index (χ1v) is 7.05. The van der Waals surface area contributed by atoms with Gasteiger partial charge in [-0.25, -0.2) is 4.98 Å². The molecule has 98 valence electrons. The number of rotatable bonds is 5. The molecule has 1 aromatic rings. The highest BCUT2D eigenvalue weighted by molar-refractivity contribution is 7.15. The second kappa shape index (κ2) is 5.83. The molecule has 0 aliphatic carbocycles. The Morgan fingerprint density at radius 2 is 2.12 bits per heavy atom. The summed E-state index contributed by atoms with van der Waals surface area (Å²) in [4.78, 5) is 8.06. The highest BCUT2D eigenvalue weighted by atomic mass is 32.1. The van der Waals surface area contributed by atoms with E-state index in [2.05, 4.69) is 56.9 Å². The van der Waals surface area contributed by atoms with Crippen LogP contribution in [0.15, 0.2) is 6.20 Å². The Labute approximate surface area is 109 Å². The van der Waals surface area contributed by atoms with Gasteiger partial charge in [0.05, 0.1) is 0 Å². The lowest BCUT2D eigenvalue weighted by Gasteiger charge is -2.26. The van der Waals surface area contributed by atoms with Gasteiger partial charge in [-0.15, -0.1) is 11.3 Å². The van der Waals surface area contributed by atoms with Crippen LogP contribution in [0.2, 0.25) is 0 Å². The van der Waals surface area contributed by atoms with Gasteiger partial charge in [0.1, 0.15) is 0 Å². The third-order valence-corrected chi connectivity index (χ3v) is 3.78. The van der Waals surface area contributed by atoms with Crippen molar-refractivity contribution in [2.24, 2.45) is 5.41 Å². The molecule has 1 unspecified atom stereocenters. The zero-order valence-electron chi connectivity index (χ0n) is 11.9. The molecule has 0 saturated heterocycles. The van der Waals surface area contributed by atoms with E-state index in [1.54, 1.807) is 11.3 Å². The van der Waals surface area contributed by atoms with Crippen molar-refractivity contribution in [2.75, 3.05) is 25.0 Å². The van der Waals surface area contributed by atoms with Crippen LogP contribution in [0.1, 0.15) is 45.5 Å². The summed E-state index contributed by atoms with van der Waals surface area (Å²) in [6, 6.07) is 0.397. The number of hydrogen-bond donors (Lipinski definition) is 1. The molecular formula is C13H25N3S. The fourth-order valence-electron chi connectivity index (χ4n) is 1.84. The van der Waals surface area contributed by atoms with Crippen molar-refractivity contribution >= 4 is 16.5 Å². The third-order valence-electron chi connectivity index (χ3n) is 2.49. The van der Waals surface area contributed by atoms with Crippen LogP contribution in [0.5, 0.6) is 0 Å². The van der Waals surface area contributed by atoms with E-state index >= 15 is 0 Å². The largest absolute Gasteiger partial charge is 0.351 e. The van der Waals surface area contributed by atoms with Crippen molar-refractivity contribution in [3.05, 3.63) is 11.1 Å². The number of hydrogen-bond acceptors (Lipinski definition) is 4. The van der Waals surface area contributed by atoms with Crippen LogP contribution in [0.4, 0.5) is 5.13 Å². The highest BCUT2D eigenvalue weighted by Crippen LogP contribution is 2.28. The van der Waals surface area contributed by atoms with E-state index in [9.17, 15) is 0 Å². The molecule has 0 aromatic carbocycles. The van der Waals surface area contributed by atoms with E-state index < -0.39 is 0 Å². The molecule has 0 fully saturated rings. The first-order chi connectivity index (χ1) is 7.83. The molecule has 1 heterocycles. The first-order valence-electron chi connectivity index (χ1n) is 6.23. The molecule has 0 aliphatic rings. The van der Waals surface area contributed by atoms with Gasteiger partial charge in [-0.2, -0.15) is 0 Å². The van der Waals surface area contributed by atoms with E-state index in [1.165, 1.54) is 4.88 Å². The molecule has 4 heteroatoms. The summed E-state index contributed by atoms with van der Waals surface area (Å²) < 4.78 is 0. The van der Waals surface area contributed by atoms with Crippen molar-refractivity contribution in [1.82, 2.24) is 10.3 Å². The van der Waals surface area contributed by atoms with Gasteiger partial charge in [-0.3, -0.25) is 0 Å². The Morgan fingerprint density at radius 1 is 1.47 bits per heavy atom. The Morgan fingerprint density at radius 3 is 2.65 bits per heavy atom. The van der Waals surface area contributed by atoms with Crippen LogP contribution in [0, 0.1) is 5.41 Å². The van der Waals surface area contributed by atoms with Gasteiger partial charge in [-0.05, 0) is 18.9 Å². The summed E-state index contributed by atoms with van der Waals surface area (Å²) in [6.07, 6.45) is 1.99. The average Bonchev–Trinajstić information content (AvgIpc) is 2.63. The third kappa shape index (κ3) is 4.64. The maximum absolute atomic E-state index is 4.51. The molecule has 1 N–H and O–H groups in total. The standard InChI is InChI=1S/C13H25N3S/c1-7-14-10(2)11-8-15-12(17-11)16(6)9-13(3,4)5/h8,10,14H,7,9H2,1-6H3. The van der Waals surface area contributed by atoms with E-state index in [-0.39, 0.29) is 0 Å². The summed E-state index contributed by atoms with van der Waals surface area (Å²) in [5.74, 6) is 0. The van der Waals surface area contributed by atoms with Gasteiger partial charge in [-0.1, -0.05) is 27.7 Å². The number of aromatic nitrogens is 1. The lowest BCUT2D eigenvalue weighted by Crippen LogP contribution is -2.28. The molecule has 1 aromatic heterocycles. The Balaban J connectivity index is 2.67. The first kappa shape index (κ1) is 14.5. The lowest BCUT2D eigenvalue weighted by molar-refractivity contribution is 0.419. The normalized spacial score (nSPS) is 13.8. The maximum Gasteiger partial charge on any atom is 0.185 e. The molecule has 1 rings (SSSR count). The van der Waals surface area contributed by atoms with Crippen LogP contribution in [-0.4, -0.2) is 25.1 Å². The second-order valence-electron chi connectivity index (χ2n) is 5.74. The van der Waals surface area contributed by atoms with E-state index in [1.807, 2.05) is 6.20 Å². The monoisotopic (exact) mass is 255 g/mol. The Kier molecular flexibility index (Phi) is 4.95. The van der Waals surface area contributed by atoms with Gasteiger partial charge in [0.25, 0.3) is 0 Å². The number of anilines is 1. The van der Waals surface area contributed by atoms with Gasteiger partial charge in [0, 0.05) is 30.7 Å². The molecule has 17 heavy (non-hydrogen) atoms. The molecular weight excluding hydrogens is 230 g/mol. The minimum absolute atomic E-state index is 0.299. The summed E-state index contributed by atoms with van der Waals surface area (Å²) in [7, 11) is 2.12. The van der Waals surface area contributed by atoms with Gasteiger partial charge >= 0.3 is 0 Å². The second-order valence-corrected chi connectivity index (χ2v) is 6.78. The van der Waals surface area contributed by atoms with E-state index in [0.717, 1.165) is 18.2 Å². The predicted molar refractivity (Wildman–Crippen MR) is 76.9 cm³/mol. The lowest BCUT2D eigenvalue weighted by atomic mass is 9.96. The number of nitrogens with one attached hydrogen (secondary N) is 1. The van der Waals surface area contributed by atoms with Crippen molar-refractivity contribution in [3.63, 3.8) is 0 Å². The van der Waals surface area contributed by atoms with Crippen molar-refractivity contribution < 1.29 is 0 Å². The maximum atomic E-state index is 4.51. The molecule has 0 spiro atoms. The fraction of sp³-hybridized carbons (Fsp3) is 0.769. The van der Waals surface area contributed by atoms with Gasteiger partial charge < -0.3 is 10.2 Å². The average molecular weight is 255 g/mol. The van der Waals surface area contributed by atoms with Crippen LogP contribution in [0.25, 0.3) is 0 Å². The topological polar surface area (TPSA) is 28.2 Å². The van der Waals surface area contributed by atoms with E-state index in [0.29, 0.717) is 11.5 Å². The minimum atomic E-state index is 0.299. The molecule has 0 amide bonds. The number of nitrogens with zero attached hydrogens (tertiary/aromatic N) is 2. The summed E-state index contributed by atoms with van der Waals surface area (Å²) in [6.45, 7) is 13.1. The van der Waals surface area contributed by atoms with Crippen LogP contribution >= 0.6 is 11.3 Å². The fourth-order valence-corrected chi connectivity index (χ4v) is 2.74. The quantitative estimate of drug-likeness (QED) is 0.875. The zero-order valence-corrected chi connectivity index (χ0v) is 12.7. The van der Waals surface area contributed by atoms with Crippen LogP contribution in [0.3, 0.4) is 0 Å². The number of thiazole rings is 1. The molecule has 0 bridgehead atoms. The Hall–Kier alpha value is -0.610. The van der Waals surface area contributed by atoms with Crippen LogP contribution in [-0.2, 0) is 0 Å². The smallest absolute Gasteiger partial charge is 0.185 e. The van der Waals surface area contributed by atoms with Gasteiger partial charge in [0.15, 0.2) is 5.13 Å². The van der Waals surface area contributed by atoms with E-state index in [4.69, 9.17) is 0 Å². The summed E-state index contributed by atoms with van der Waals surface area (Å²) in [5, 5.41) is 4.52. The minimum Gasteiger partial charge on any atom is -0.351 e. The SMILES string of the molecule is CCNC(C)c1cnc(N(C)CC(C)(C)C)s1. The molecule has 0 aliphatic heterocycles. The highest BCUT2D eigenvalue weighted by Gasteiger charge is 2.17. The Bertz CT molecular complexity index is 341. The summed E-state index contributed by atoms with van der Waals surface area (Å²) >= 11 is 1.78. The van der Waals surface area contributed by atoms with Crippen molar-refractivity contribution in [3.8, 4) is 0 Å². The summed E-state index contributed by atoms with van der Waals surface area (Å²) in [5.41, 5.74) is 0.299. The zero-order chi connectivity index (χ0) is 13.1. The molecule has 0 radical (unpaired) electrons. The van der Waals surface area contributed by atoms with Crippen molar-refractivity contribution in [2.45, 2.75) is 40.7 Å². The van der Waals surface area contributed by atoms with Crippen molar-refractivity contribution in [1.29, 1.82) is 0 Å². The van der Waals surface area contributed by atoms with Crippen LogP contribution < -0.4 is 10.2 Å². The molecule has 0 saturated carbocycles.